The number of nitrogens with one attached hydrogen (secondary N) is 1. The number of benzene rings is 1. The van der Waals surface area contributed by atoms with E-state index in [-0.39, 0.29) is 5.54 Å². The molecule has 1 aromatic rings. The van der Waals surface area contributed by atoms with E-state index in [0.717, 1.165) is 30.2 Å². The summed E-state index contributed by atoms with van der Waals surface area (Å²) in [5, 5.41) is 4.34. The van der Waals surface area contributed by atoms with Gasteiger partial charge in [0.2, 0.25) is 0 Å². The first-order valence-corrected chi connectivity index (χ1v) is 7.31. The highest BCUT2D eigenvalue weighted by molar-refractivity contribution is 6.30. The molecule has 0 aromatic heterocycles. The molecule has 0 saturated heterocycles. The van der Waals surface area contributed by atoms with E-state index in [4.69, 9.17) is 16.3 Å². The Labute approximate surface area is 122 Å². The Kier molecular flexibility index (Phi) is 6.15. The lowest BCUT2D eigenvalue weighted by Gasteiger charge is -2.25. The van der Waals surface area contributed by atoms with Crippen LogP contribution in [0.4, 0.5) is 0 Å². The Hall–Kier alpha value is -0.730. The standard InChI is InChI=1S/C16H26ClNO/c1-6-12(11-18-16(2,3)4)9-13-10-14(17)7-8-15(13)19-5/h7-8,10,12,18H,6,9,11H2,1-5H3. The summed E-state index contributed by atoms with van der Waals surface area (Å²) in [4.78, 5) is 0. The number of halogens is 1. The Morgan fingerprint density at radius 3 is 2.53 bits per heavy atom. The maximum atomic E-state index is 6.08. The third-order valence-electron chi connectivity index (χ3n) is 3.25. The molecule has 2 nitrogen and oxygen atoms in total. The minimum Gasteiger partial charge on any atom is -0.496 e. The first kappa shape index (κ1) is 16.3. The van der Waals surface area contributed by atoms with Crippen LogP contribution in [-0.2, 0) is 6.42 Å². The van der Waals surface area contributed by atoms with Gasteiger partial charge in [-0.3, -0.25) is 0 Å². The molecule has 0 aliphatic rings. The molecule has 1 rings (SSSR count). The first-order chi connectivity index (χ1) is 8.85. The number of hydrogen-bond donors (Lipinski definition) is 1. The molecule has 1 unspecified atom stereocenters. The van der Waals surface area contributed by atoms with Crippen molar-refractivity contribution >= 4 is 11.6 Å². The molecular weight excluding hydrogens is 258 g/mol. The number of rotatable bonds is 6. The summed E-state index contributed by atoms with van der Waals surface area (Å²) in [6, 6.07) is 5.83. The van der Waals surface area contributed by atoms with E-state index in [1.807, 2.05) is 18.2 Å². The van der Waals surface area contributed by atoms with Crippen molar-refractivity contribution in [1.29, 1.82) is 0 Å². The fourth-order valence-electron chi connectivity index (χ4n) is 2.03. The average Bonchev–Trinajstić information content (AvgIpc) is 2.33. The Bertz CT molecular complexity index is 398. The summed E-state index contributed by atoms with van der Waals surface area (Å²) >= 11 is 6.08. The third kappa shape index (κ3) is 5.84. The van der Waals surface area contributed by atoms with Crippen LogP contribution >= 0.6 is 11.6 Å². The first-order valence-electron chi connectivity index (χ1n) is 6.93. The van der Waals surface area contributed by atoms with Gasteiger partial charge in [-0.05, 0) is 63.4 Å². The maximum absolute atomic E-state index is 6.08. The second kappa shape index (κ2) is 7.16. The van der Waals surface area contributed by atoms with Gasteiger partial charge in [-0.1, -0.05) is 24.9 Å². The van der Waals surface area contributed by atoms with Crippen LogP contribution in [0.3, 0.4) is 0 Å². The van der Waals surface area contributed by atoms with Crippen LogP contribution in [0, 0.1) is 5.92 Å². The van der Waals surface area contributed by atoms with Gasteiger partial charge in [-0.2, -0.15) is 0 Å². The highest BCUT2D eigenvalue weighted by Crippen LogP contribution is 2.26. The van der Waals surface area contributed by atoms with Crippen LogP contribution < -0.4 is 10.1 Å². The van der Waals surface area contributed by atoms with Crippen LogP contribution in [0.15, 0.2) is 18.2 Å². The van der Waals surface area contributed by atoms with Crippen molar-refractivity contribution in [3.05, 3.63) is 28.8 Å². The van der Waals surface area contributed by atoms with E-state index < -0.39 is 0 Å². The highest BCUT2D eigenvalue weighted by atomic mass is 35.5. The zero-order valence-corrected chi connectivity index (χ0v) is 13.5. The molecule has 19 heavy (non-hydrogen) atoms. The van der Waals surface area contributed by atoms with E-state index in [0.29, 0.717) is 5.92 Å². The molecule has 0 heterocycles. The van der Waals surface area contributed by atoms with Crippen LogP contribution in [-0.4, -0.2) is 19.2 Å². The molecule has 1 aromatic carbocycles. The maximum Gasteiger partial charge on any atom is 0.122 e. The van der Waals surface area contributed by atoms with E-state index in [1.165, 1.54) is 5.56 Å². The quantitative estimate of drug-likeness (QED) is 0.840. The predicted octanol–water partition coefficient (Wildman–Crippen LogP) is 4.31. The van der Waals surface area contributed by atoms with Crippen molar-refractivity contribution in [3.8, 4) is 5.75 Å². The van der Waals surface area contributed by atoms with Gasteiger partial charge in [0.15, 0.2) is 0 Å². The van der Waals surface area contributed by atoms with Gasteiger partial charge < -0.3 is 10.1 Å². The second-order valence-corrected chi connectivity index (χ2v) is 6.50. The molecule has 0 spiro atoms. The lowest BCUT2D eigenvalue weighted by atomic mass is 9.95. The molecule has 1 N–H and O–H groups in total. The number of hydrogen-bond acceptors (Lipinski definition) is 2. The monoisotopic (exact) mass is 283 g/mol. The van der Waals surface area contributed by atoms with E-state index in [9.17, 15) is 0 Å². The van der Waals surface area contributed by atoms with Crippen molar-refractivity contribution in [2.75, 3.05) is 13.7 Å². The zero-order chi connectivity index (χ0) is 14.5. The lowest BCUT2D eigenvalue weighted by molar-refractivity contribution is 0.357. The second-order valence-electron chi connectivity index (χ2n) is 6.07. The Balaban J connectivity index is 2.72. The normalized spacial score (nSPS) is 13.4. The largest absolute Gasteiger partial charge is 0.496 e. The van der Waals surface area contributed by atoms with Crippen LogP contribution in [0.25, 0.3) is 0 Å². The molecule has 0 aliphatic heterocycles. The van der Waals surface area contributed by atoms with Crippen molar-refractivity contribution in [2.24, 2.45) is 5.92 Å². The van der Waals surface area contributed by atoms with Gasteiger partial charge >= 0.3 is 0 Å². The minimum absolute atomic E-state index is 0.159. The van der Waals surface area contributed by atoms with Crippen molar-refractivity contribution in [3.63, 3.8) is 0 Å². The topological polar surface area (TPSA) is 21.3 Å². The lowest BCUT2D eigenvalue weighted by Crippen LogP contribution is -2.39. The summed E-state index contributed by atoms with van der Waals surface area (Å²) in [7, 11) is 1.71. The Morgan fingerprint density at radius 2 is 2.00 bits per heavy atom. The van der Waals surface area contributed by atoms with Gasteiger partial charge in [0.25, 0.3) is 0 Å². The molecule has 0 fully saturated rings. The van der Waals surface area contributed by atoms with Gasteiger partial charge in [0, 0.05) is 10.6 Å². The zero-order valence-electron chi connectivity index (χ0n) is 12.7. The van der Waals surface area contributed by atoms with Crippen molar-refractivity contribution in [2.45, 2.75) is 46.1 Å². The number of methoxy groups -OCH3 is 1. The number of ether oxygens (including phenoxy) is 1. The fraction of sp³-hybridized carbons (Fsp3) is 0.625. The smallest absolute Gasteiger partial charge is 0.122 e. The predicted molar refractivity (Wildman–Crippen MR) is 83.2 cm³/mol. The van der Waals surface area contributed by atoms with Crippen molar-refractivity contribution < 1.29 is 4.74 Å². The minimum atomic E-state index is 0.159. The van der Waals surface area contributed by atoms with Gasteiger partial charge in [-0.25, -0.2) is 0 Å². The summed E-state index contributed by atoms with van der Waals surface area (Å²) in [5.74, 6) is 1.52. The van der Waals surface area contributed by atoms with Crippen LogP contribution in [0.1, 0.15) is 39.7 Å². The third-order valence-corrected chi connectivity index (χ3v) is 3.48. The van der Waals surface area contributed by atoms with E-state index in [1.54, 1.807) is 7.11 Å². The van der Waals surface area contributed by atoms with Crippen LogP contribution in [0.2, 0.25) is 5.02 Å². The molecule has 1 atom stereocenters. The van der Waals surface area contributed by atoms with Gasteiger partial charge in [0.1, 0.15) is 5.75 Å². The van der Waals surface area contributed by atoms with E-state index >= 15 is 0 Å². The summed E-state index contributed by atoms with van der Waals surface area (Å²) in [6.45, 7) is 9.82. The van der Waals surface area contributed by atoms with E-state index in [2.05, 4.69) is 33.0 Å². The van der Waals surface area contributed by atoms with Crippen LogP contribution in [0.5, 0.6) is 5.75 Å². The SMILES string of the molecule is CCC(CNC(C)(C)C)Cc1cc(Cl)ccc1OC. The molecular formula is C16H26ClNO. The average molecular weight is 284 g/mol. The summed E-state index contributed by atoms with van der Waals surface area (Å²) in [5.41, 5.74) is 1.35. The fourth-order valence-corrected chi connectivity index (χ4v) is 2.22. The summed E-state index contributed by atoms with van der Waals surface area (Å²) < 4.78 is 5.41. The molecule has 0 radical (unpaired) electrons. The van der Waals surface area contributed by atoms with Crippen molar-refractivity contribution in [1.82, 2.24) is 5.32 Å². The van der Waals surface area contributed by atoms with Gasteiger partial charge in [-0.15, -0.1) is 0 Å². The summed E-state index contributed by atoms with van der Waals surface area (Å²) in [6.07, 6.45) is 2.13. The molecule has 0 aliphatic carbocycles. The molecule has 0 saturated carbocycles. The molecule has 0 amide bonds. The molecule has 3 heteroatoms. The molecule has 108 valence electrons. The van der Waals surface area contributed by atoms with Gasteiger partial charge in [0.05, 0.1) is 7.11 Å². The molecule has 0 bridgehead atoms. The highest BCUT2D eigenvalue weighted by Gasteiger charge is 2.15. The Morgan fingerprint density at radius 1 is 1.32 bits per heavy atom.